The Labute approximate surface area is 169 Å². The van der Waals surface area contributed by atoms with Crippen molar-refractivity contribution in [3.63, 3.8) is 0 Å². The maximum atomic E-state index is 12.2. The number of rotatable bonds is 8. The molecular formula is C19H21ClN2O5S. The molecular weight excluding hydrogens is 404 g/mol. The Morgan fingerprint density at radius 2 is 1.93 bits per heavy atom. The highest BCUT2D eigenvalue weighted by molar-refractivity contribution is 7.92. The molecule has 0 radical (unpaired) electrons. The van der Waals surface area contributed by atoms with Gasteiger partial charge in [-0.25, -0.2) is 8.42 Å². The van der Waals surface area contributed by atoms with Crippen LogP contribution in [-0.4, -0.2) is 33.9 Å². The van der Waals surface area contributed by atoms with Gasteiger partial charge in [0.1, 0.15) is 0 Å². The van der Waals surface area contributed by atoms with Crippen LogP contribution in [0.25, 0.3) is 0 Å². The molecule has 0 aliphatic carbocycles. The Hall–Kier alpha value is -2.45. The summed E-state index contributed by atoms with van der Waals surface area (Å²) < 4.78 is 36.2. The third-order valence-corrected chi connectivity index (χ3v) is 5.81. The summed E-state index contributed by atoms with van der Waals surface area (Å²) in [5.41, 5.74) is 1.30. The number of halogens is 1. The van der Waals surface area contributed by atoms with E-state index in [1.807, 2.05) is 18.2 Å². The molecule has 2 aromatic rings. The molecule has 1 aliphatic heterocycles. The molecule has 0 unspecified atom stereocenters. The van der Waals surface area contributed by atoms with Crippen LogP contribution in [0.2, 0.25) is 5.02 Å². The van der Waals surface area contributed by atoms with Crippen LogP contribution in [0, 0.1) is 0 Å². The quantitative estimate of drug-likeness (QED) is 0.704. The van der Waals surface area contributed by atoms with E-state index in [0.717, 1.165) is 11.8 Å². The van der Waals surface area contributed by atoms with Crippen LogP contribution < -0.4 is 19.1 Å². The highest BCUT2D eigenvalue weighted by Gasteiger charge is 2.21. The zero-order chi connectivity index (χ0) is 20.1. The zero-order valence-corrected chi connectivity index (χ0v) is 16.9. The van der Waals surface area contributed by atoms with Crippen molar-refractivity contribution in [3.8, 4) is 11.5 Å². The zero-order valence-electron chi connectivity index (χ0n) is 15.4. The fourth-order valence-electron chi connectivity index (χ4n) is 2.83. The minimum atomic E-state index is -3.51. The lowest BCUT2D eigenvalue weighted by Gasteiger charge is -2.22. The maximum Gasteiger partial charge on any atom is 0.232 e. The van der Waals surface area contributed by atoms with Crippen LogP contribution in [0.3, 0.4) is 0 Å². The Morgan fingerprint density at radius 1 is 1.18 bits per heavy atom. The first-order chi connectivity index (χ1) is 13.3. The molecule has 28 heavy (non-hydrogen) atoms. The smallest absolute Gasteiger partial charge is 0.232 e. The summed E-state index contributed by atoms with van der Waals surface area (Å²) in [6.07, 6.45) is 1.70. The lowest BCUT2D eigenvalue weighted by atomic mass is 10.2. The van der Waals surface area contributed by atoms with Crippen molar-refractivity contribution in [2.75, 3.05) is 23.9 Å². The fourth-order valence-corrected chi connectivity index (χ4v) is 3.99. The topological polar surface area (TPSA) is 84.9 Å². The van der Waals surface area contributed by atoms with E-state index in [9.17, 15) is 13.2 Å². The molecule has 0 fully saturated rings. The summed E-state index contributed by atoms with van der Waals surface area (Å²) in [4.78, 5) is 12.1. The number of hydrogen-bond donors (Lipinski definition) is 1. The minimum Gasteiger partial charge on any atom is -0.454 e. The molecule has 1 N–H and O–H groups in total. The van der Waals surface area contributed by atoms with Crippen molar-refractivity contribution in [3.05, 3.63) is 53.1 Å². The molecule has 3 rings (SSSR count). The summed E-state index contributed by atoms with van der Waals surface area (Å²) in [7, 11) is -3.51. The van der Waals surface area contributed by atoms with E-state index in [1.165, 1.54) is 4.31 Å². The largest absolute Gasteiger partial charge is 0.454 e. The number of amides is 1. The van der Waals surface area contributed by atoms with Crippen molar-refractivity contribution >= 4 is 33.2 Å². The minimum absolute atomic E-state index is 0.114. The molecule has 7 nitrogen and oxygen atoms in total. The molecule has 1 aliphatic rings. The normalized spacial score (nSPS) is 12.6. The molecule has 0 atom stereocenters. The van der Waals surface area contributed by atoms with Crippen LogP contribution in [0.4, 0.5) is 5.69 Å². The van der Waals surface area contributed by atoms with Gasteiger partial charge in [-0.2, -0.15) is 0 Å². The first-order valence-electron chi connectivity index (χ1n) is 8.72. The summed E-state index contributed by atoms with van der Waals surface area (Å²) in [5, 5.41) is 3.39. The standard InChI is InChI=1S/C19H21ClN2O5S/c1-28(24,25)22(15-8-9-17-18(11-15)27-13-26-17)10-4-7-19(23)21-12-14-5-2-3-6-16(14)20/h2-3,5-6,8-9,11H,4,7,10,12-13H2,1H3,(H,21,23). The van der Waals surface area contributed by atoms with Gasteiger partial charge in [0, 0.05) is 30.6 Å². The summed E-state index contributed by atoms with van der Waals surface area (Å²) >= 11 is 6.07. The Morgan fingerprint density at radius 3 is 2.68 bits per heavy atom. The van der Waals surface area contributed by atoms with Gasteiger partial charge in [0.2, 0.25) is 22.7 Å². The second-order valence-electron chi connectivity index (χ2n) is 6.34. The van der Waals surface area contributed by atoms with E-state index < -0.39 is 10.0 Å². The average Bonchev–Trinajstić information content (AvgIpc) is 3.11. The lowest BCUT2D eigenvalue weighted by molar-refractivity contribution is -0.121. The van der Waals surface area contributed by atoms with Crippen LogP contribution in [0.1, 0.15) is 18.4 Å². The average molecular weight is 425 g/mol. The maximum absolute atomic E-state index is 12.2. The van der Waals surface area contributed by atoms with Gasteiger partial charge in [0.05, 0.1) is 11.9 Å². The van der Waals surface area contributed by atoms with Gasteiger partial charge in [0.25, 0.3) is 0 Å². The van der Waals surface area contributed by atoms with Crippen molar-refractivity contribution in [1.29, 1.82) is 0 Å². The monoisotopic (exact) mass is 424 g/mol. The number of ether oxygens (including phenoxy) is 2. The SMILES string of the molecule is CS(=O)(=O)N(CCCC(=O)NCc1ccccc1Cl)c1ccc2c(c1)OCO2. The number of anilines is 1. The first-order valence-corrected chi connectivity index (χ1v) is 10.9. The fraction of sp³-hybridized carbons (Fsp3) is 0.316. The van der Waals surface area contributed by atoms with Gasteiger partial charge in [-0.05, 0) is 30.2 Å². The third-order valence-electron chi connectivity index (χ3n) is 4.24. The van der Waals surface area contributed by atoms with Crippen LogP contribution in [0.15, 0.2) is 42.5 Å². The molecule has 0 aromatic heterocycles. The molecule has 9 heteroatoms. The van der Waals surface area contributed by atoms with E-state index >= 15 is 0 Å². The Kier molecular flexibility index (Phi) is 6.31. The van der Waals surface area contributed by atoms with Gasteiger partial charge in [-0.3, -0.25) is 9.10 Å². The van der Waals surface area contributed by atoms with E-state index in [4.69, 9.17) is 21.1 Å². The van der Waals surface area contributed by atoms with E-state index in [-0.39, 0.29) is 25.7 Å². The predicted octanol–water partition coefficient (Wildman–Crippen LogP) is 2.93. The molecule has 0 spiro atoms. The van der Waals surface area contributed by atoms with Gasteiger partial charge < -0.3 is 14.8 Å². The highest BCUT2D eigenvalue weighted by atomic mass is 35.5. The van der Waals surface area contributed by atoms with Gasteiger partial charge in [0.15, 0.2) is 11.5 Å². The van der Waals surface area contributed by atoms with Crippen LogP contribution in [-0.2, 0) is 21.4 Å². The van der Waals surface area contributed by atoms with E-state index in [2.05, 4.69) is 5.32 Å². The number of hydrogen-bond acceptors (Lipinski definition) is 5. The van der Waals surface area contributed by atoms with Crippen LogP contribution in [0.5, 0.6) is 11.5 Å². The van der Waals surface area contributed by atoms with E-state index in [0.29, 0.717) is 35.2 Å². The summed E-state index contributed by atoms with van der Waals surface area (Å²) in [5.74, 6) is 0.916. The number of fused-ring (bicyclic) bond motifs is 1. The van der Waals surface area contributed by atoms with Crippen molar-refractivity contribution in [2.24, 2.45) is 0 Å². The summed E-state index contributed by atoms with van der Waals surface area (Å²) in [6.45, 7) is 0.623. The van der Waals surface area contributed by atoms with Crippen molar-refractivity contribution in [1.82, 2.24) is 5.32 Å². The molecule has 1 amide bonds. The van der Waals surface area contributed by atoms with E-state index in [1.54, 1.807) is 24.3 Å². The van der Waals surface area contributed by atoms with Crippen molar-refractivity contribution in [2.45, 2.75) is 19.4 Å². The first kappa shape index (κ1) is 20.3. The number of nitrogens with one attached hydrogen (secondary N) is 1. The van der Waals surface area contributed by atoms with Gasteiger partial charge in [-0.1, -0.05) is 29.8 Å². The lowest BCUT2D eigenvalue weighted by Crippen LogP contribution is -2.32. The predicted molar refractivity (Wildman–Crippen MR) is 107 cm³/mol. The van der Waals surface area contributed by atoms with Gasteiger partial charge in [-0.15, -0.1) is 0 Å². The molecule has 0 bridgehead atoms. The Bertz CT molecular complexity index is 965. The molecule has 150 valence electrons. The number of nitrogens with zero attached hydrogens (tertiary/aromatic N) is 1. The number of sulfonamides is 1. The van der Waals surface area contributed by atoms with Gasteiger partial charge >= 0.3 is 0 Å². The Balaban J connectivity index is 1.56. The second-order valence-corrected chi connectivity index (χ2v) is 8.66. The van der Waals surface area contributed by atoms with Crippen molar-refractivity contribution < 1.29 is 22.7 Å². The number of benzene rings is 2. The molecule has 0 saturated carbocycles. The molecule has 1 heterocycles. The number of carbonyl (C=O) groups is 1. The third kappa shape index (κ3) is 5.08. The molecule has 0 saturated heterocycles. The van der Waals surface area contributed by atoms with Crippen LogP contribution >= 0.6 is 11.6 Å². The highest BCUT2D eigenvalue weighted by Crippen LogP contribution is 2.36. The summed E-state index contributed by atoms with van der Waals surface area (Å²) in [6, 6.07) is 12.2. The number of carbonyl (C=O) groups excluding carboxylic acids is 1. The molecule has 2 aromatic carbocycles. The second kappa shape index (κ2) is 8.70.